The van der Waals surface area contributed by atoms with Gasteiger partial charge in [0.25, 0.3) is 5.91 Å². The molecule has 3 aromatic rings. The monoisotopic (exact) mass is 386 g/mol. The number of rotatable bonds is 3. The topological polar surface area (TPSA) is 50.8 Å². The largest absolute Gasteiger partial charge is 0.486 e. The van der Waals surface area contributed by atoms with Crippen molar-refractivity contribution in [2.24, 2.45) is 0 Å². The first-order chi connectivity index (χ1) is 14.2. The Bertz CT molecular complexity index is 1050. The van der Waals surface area contributed by atoms with Crippen LogP contribution in [0.1, 0.15) is 40.6 Å². The van der Waals surface area contributed by atoms with Crippen molar-refractivity contribution in [1.82, 2.24) is 4.90 Å². The Morgan fingerprint density at radius 2 is 1.66 bits per heavy atom. The maximum Gasteiger partial charge on any atom is 0.258 e. The van der Waals surface area contributed by atoms with E-state index in [-0.39, 0.29) is 18.1 Å². The van der Waals surface area contributed by atoms with E-state index in [4.69, 9.17) is 9.47 Å². The van der Waals surface area contributed by atoms with Gasteiger partial charge in [0.05, 0.1) is 11.6 Å². The summed E-state index contributed by atoms with van der Waals surface area (Å²) in [5.74, 6) is 1.47. The molecule has 0 radical (unpaired) electrons. The van der Waals surface area contributed by atoms with Crippen molar-refractivity contribution in [3.05, 3.63) is 89.5 Å². The molecule has 0 saturated heterocycles. The van der Waals surface area contributed by atoms with Crippen molar-refractivity contribution in [2.45, 2.75) is 19.1 Å². The molecule has 0 spiro atoms. The second-order valence-corrected chi connectivity index (χ2v) is 7.29. The van der Waals surface area contributed by atoms with E-state index in [2.05, 4.69) is 24.4 Å². The van der Waals surface area contributed by atoms with E-state index in [9.17, 15) is 4.79 Å². The average Bonchev–Trinajstić information content (AvgIpc) is 2.79. The molecule has 2 aliphatic rings. The summed E-state index contributed by atoms with van der Waals surface area (Å²) in [6.45, 7) is 3.14. The molecule has 0 fully saturated rings. The first-order valence-electron chi connectivity index (χ1n) is 9.85. The zero-order valence-corrected chi connectivity index (χ0v) is 16.2. The van der Waals surface area contributed by atoms with Crippen molar-refractivity contribution in [3.63, 3.8) is 0 Å². The maximum atomic E-state index is 13.5. The van der Waals surface area contributed by atoms with Gasteiger partial charge in [-0.3, -0.25) is 4.79 Å². The minimum absolute atomic E-state index is 0.00981. The molecule has 2 aliphatic heterocycles. The molecule has 0 aromatic heterocycles. The first kappa shape index (κ1) is 17.6. The second kappa shape index (κ2) is 7.17. The molecular formula is C24H22N2O3. The lowest BCUT2D eigenvalue weighted by Crippen LogP contribution is -2.44. The summed E-state index contributed by atoms with van der Waals surface area (Å²) in [7, 11) is 0. The quantitative estimate of drug-likeness (QED) is 0.703. The summed E-state index contributed by atoms with van der Waals surface area (Å²) >= 11 is 0. The van der Waals surface area contributed by atoms with Crippen LogP contribution in [0, 0.1) is 0 Å². The third-order valence-corrected chi connectivity index (χ3v) is 5.54. The number of carbonyl (C=O) groups is 1. The van der Waals surface area contributed by atoms with Crippen LogP contribution in [0.3, 0.4) is 0 Å². The third kappa shape index (κ3) is 3.09. The Morgan fingerprint density at radius 3 is 2.48 bits per heavy atom. The molecule has 1 N–H and O–H groups in total. The van der Waals surface area contributed by atoms with Gasteiger partial charge < -0.3 is 19.7 Å². The Morgan fingerprint density at radius 1 is 0.931 bits per heavy atom. The van der Waals surface area contributed by atoms with Gasteiger partial charge in [-0.15, -0.1) is 0 Å². The van der Waals surface area contributed by atoms with E-state index in [0.717, 1.165) is 22.6 Å². The smallest absolute Gasteiger partial charge is 0.258 e. The molecule has 146 valence electrons. The molecule has 0 saturated carbocycles. The predicted molar refractivity (Wildman–Crippen MR) is 111 cm³/mol. The van der Waals surface area contributed by atoms with Gasteiger partial charge in [0.1, 0.15) is 19.4 Å². The summed E-state index contributed by atoms with van der Waals surface area (Å²) in [5, 5.41) is 3.56. The Hall–Kier alpha value is -3.47. The van der Waals surface area contributed by atoms with Crippen LogP contribution in [0.25, 0.3) is 0 Å². The molecule has 5 nitrogen and oxygen atoms in total. The van der Waals surface area contributed by atoms with E-state index in [1.54, 1.807) is 0 Å². The number of hydrogen-bond donors (Lipinski definition) is 1. The molecule has 29 heavy (non-hydrogen) atoms. The number of anilines is 1. The van der Waals surface area contributed by atoms with Crippen molar-refractivity contribution < 1.29 is 14.3 Å². The number of fused-ring (bicyclic) bond motifs is 2. The number of carbonyl (C=O) groups excluding carboxylic acids is 1. The van der Waals surface area contributed by atoms with Crippen LogP contribution in [0.15, 0.2) is 72.8 Å². The van der Waals surface area contributed by atoms with Crippen LogP contribution in [-0.2, 0) is 0 Å². The van der Waals surface area contributed by atoms with Gasteiger partial charge in [-0.25, -0.2) is 0 Å². The van der Waals surface area contributed by atoms with Gasteiger partial charge in [-0.05, 0) is 42.3 Å². The Labute approximate surface area is 169 Å². The van der Waals surface area contributed by atoms with Crippen LogP contribution in [0.4, 0.5) is 5.69 Å². The zero-order valence-electron chi connectivity index (χ0n) is 16.2. The van der Waals surface area contributed by atoms with Crippen molar-refractivity contribution >= 4 is 11.6 Å². The van der Waals surface area contributed by atoms with Gasteiger partial charge in [0.15, 0.2) is 11.5 Å². The minimum atomic E-state index is -0.316. The lowest BCUT2D eigenvalue weighted by molar-refractivity contribution is 0.0595. The van der Waals surface area contributed by atoms with Gasteiger partial charge in [-0.2, -0.15) is 0 Å². The van der Waals surface area contributed by atoms with Gasteiger partial charge in [0, 0.05) is 5.69 Å². The SMILES string of the molecule is C[C@H](c1ccccc1)N1C(=O)c2ccccc2N[C@@H]1c1ccc2c(c1)OCCO2. The molecule has 3 aromatic carbocycles. The molecule has 5 heteroatoms. The number of amides is 1. The Balaban J connectivity index is 1.60. The fourth-order valence-corrected chi connectivity index (χ4v) is 4.03. The molecule has 0 bridgehead atoms. The number of benzene rings is 3. The van der Waals surface area contributed by atoms with Gasteiger partial charge >= 0.3 is 0 Å². The van der Waals surface area contributed by atoms with Crippen LogP contribution in [0.5, 0.6) is 11.5 Å². The van der Waals surface area contributed by atoms with Crippen LogP contribution < -0.4 is 14.8 Å². The summed E-state index contributed by atoms with van der Waals surface area (Å²) in [6, 6.07) is 23.5. The highest BCUT2D eigenvalue weighted by Crippen LogP contribution is 2.41. The maximum absolute atomic E-state index is 13.5. The number of para-hydroxylation sites is 1. The van der Waals surface area contributed by atoms with Crippen molar-refractivity contribution in [1.29, 1.82) is 0 Å². The lowest BCUT2D eigenvalue weighted by atomic mass is 9.98. The average molecular weight is 386 g/mol. The van der Waals surface area contributed by atoms with E-state index in [0.29, 0.717) is 24.5 Å². The van der Waals surface area contributed by atoms with Gasteiger partial charge in [-0.1, -0.05) is 48.5 Å². The number of hydrogen-bond acceptors (Lipinski definition) is 4. The molecule has 2 heterocycles. The summed E-state index contributed by atoms with van der Waals surface area (Å²) in [4.78, 5) is 15.4. The second-order valence-electron chi connectivity index (χ2n) is 7.29. The van der Waals surface area contributed by atoms with E-state index < -0.39 is 0 Å². The fraction of sp³-hybridized carbons (Fsp3) is 0.208. The highest BCUT2D eigenvalue weighted by Gasteiger charge is 2.36. The van der Waals surface area contributed by atoms with E-state index in [1.165, 1.54) is 0 Å². The summed E-state index contributed by atoms with van der Waals surface area (Å²) in [6.07, 6.45) is -0.316. The summed E-state index contributed by atoms with van der Waals surface area (Å²) in [5.41, 5.74) is 3.57. The third-order valence-electron chi connectivity index (χ3n) is 5.54. The van der Waals surface area contributed by atoms with E-state index in [1.807, 2.05) is 65.6 Å². The highest BCUT2D eigenvalue weighted by molar-refractivity contribution is 6.02. The molecule has 0 unspecified atom stereocenters. The Kier molecular flexibility index (Phi) is 4.35. The molecule has 2 atom stereocenters. The van der Waals surface area contributed by atoms with Crippen LogP contribution in [0.2, 0.25) is 0 Å². The van der Waals surface area contributed by atoms with Crippen LogP contribution in [-0.4, -0.2) is 24.0 Å². The van der Waals surface area contributed by atoms with Crippen molar-refractivity contribution in [2.75, 3.05) is 18.5 Å². The van der Waals surface area contributed by atoms with E-state index >= 15 is 0 Å². The molecule has 5 rings (SSSR count). The van der Waals surface area contributed by atoms with Crippen molar-refractivity contribution in [3.8, 4) is 11.5 Å². The standard InChI is InChI=1S/C24H22N2O3/c1-16(17-7-3-2-4-8-17)26-23(25-20-10-6-5-9-19(20)24(26)27)18-11-12-21-22(15-18)29-14-13-28-21/h2-12,15-16,23,25H,13-14H2,1H3/t16-,23+/m1/s1. The van der Waals surface area contributed by atoms with Gasteiger partial charge in [0.2, 0.25) is 0 Å². The number of nitrogens with zero attached hydrogens (tertiary/aromatic N) is 1. The fourth-order valence-electron chi connectivity index (χ4n) is 4.03. The molecule has 1 amide bonds. The number of ether oxygens (including phenoxy) is 2. The normalized spacial score (nSPS) is 18.6. The predicted octanol–water partition coefficient (Wildman–Crippen LogP) is 4.79. The molecular weight excluding hydrogens is 364 g/mol. The zero-order chi connectivity index (χ0) is 19.8. The first-order valence-corrected chi connectivity index (χ1v) is 9.85. The highest BCUT2D eigenvalue weighted by atomic mass is 16.6. The minimum Gasteiger partial charge on any atom is -0.486 e. The molecule has 0 aliphatic carbocycles. The lowest BCUT2D eigenvalue weighted by Gasteiger charge is -2.42. The number of nitrogens with one attached hydrogen (secondary N) is 1. The summed E-state index contributed by atoms with van der Waals surface area (Å²) < 4.78 is 11.4. The van der Waals surface area contributed by atoms with Crippen LogP contribution >= 0.6 is 0 Å².